The zero-order chi connectivity index (χ0) is 18.7. The van der Waals surface area contributed by atoms with E-state index in [0.717, 1.165) is 11.1 Å². The van der Waals surface area contributed by atoms with E-state index in [1.165, 1.54) is 16.4 Å². The molecule has 26 heavy (non-hydrogen) atoms. The number of carbonyl (C=O) groups is 1. The zero-order valence-electron chi connectivity index (χ0n) is 13.7. The molecule has 0 aliphatic carbocycles. The molecule has 9 heteroatoms. The van der Waals surface area contributed by atoms with E-state index in [0.29, 0.717) is 26.7 Å². The molecule has 0 atom stereocenters. The van der Waals surface area contributed by atoms with Crippen molar-refractivity contribution in [3.05, 3.63) is 58.1 Å². The van der Waals surface area contributed by atoms with Crippen LogP contribution in [0.15, 0.2) is 47.6 Å². The molecule has 0 spiro atoms. The Balaban J connectivity index is 1.67. The summed E-state index contributed by atoms with van der Waals surface area (Å²) in [6.07, 6.45) is 0. The topological polar surface area (TPSA) is 85.8 Å². The second-order valence-electron chi connectivity index (χ2n) is 5.51. The number of halogens is 2. The molecular weight excluding hydrogens is 393 g/mol. The average Bonchev–Trinajstić information content (AvgIpc) is 2.97. The van der Waals surface area contributed by atoms with Crippen LogP contribution in [0.1, 0.15) is 5.56 Å². The predicted molar refractivity (Wildman–Crippen MR) is 106 cm³/mol. The fourth-order valence-corrected chi connectivity index (χ4v) is 3.26. The van der Waals surface area contributed by atoms with Gasteiger partial charge < -0.3 is 11.2 Å². The number of carbonyl (C=O) groups excluding carboxylic acids is 1. The van der Waals surface area contributed by atoms with E-state index in [4.69, 9.17) is 29.0 Å². The normalized spacial score (nSPS) is 10.7. The Kier molecular flexibility index (Phi) is 5.70. The SMILES string of the molecule is Cc1cccc(-c2nnc(SCC(=O)Nc3cc(Cl)ccc3Cl)n2N)c1. The Morgan fingerprint density at radius 2 is 2.04 bits per heavy atom. The molecular formula is C17H15Cl2N5OS. The Morgan fingerprint density at radius 3 is 2.81 bits per heavy atom. The van der Waals surface area contributed by atoms with Crippen molar-refractivity contribution >= 4 is 46.6 Å². The molecule has 3 aromatic rings. The molecule has 1 aromatic heterocycles. The molecule has 0 radical (unpaired) electrons. The summed E-state index contributed by atoms with van der Waals surface area (Å²) in [7, 11) is 0. The lowest BCUT2D eigenvalue weighted by atomic mass is 10.1. The van der Waals surface area contributed by atoms with E-state index >= 15 is 0 Å². The smallest absolute Gasteiger partial charge is 0.234 e. The van der Waals surface area contributed by atoms with Crippen LogP contribution in [-0.2, 0) is 4.79 Å². The fraction of sp³-hybridized carbons (Fsp3) is 0.118. The molecule has 0 saturated heterocycles. The number of rotatable bonds is 5. The van der Waals surface area contributed by atoms with Crippen LogP contribution < -0.4 is 11.2 Å². The number of nitrogens with one attached hydrogen (secondary N) is 1. The van der Waals surface area contributed by atoms with Crippen LogP contribution in [0.3, 0.4) is 0 Å². The summed E-state index contributed by atoms with van der Waals surface area (Å²) in [6, 6.07) is 12.7. The van der Waals surface area contributed by atoms with Crippen LogP contribution in [0.4, 0.5) is 5.69 Å². The van der Waals surface area contributed by atoms with Crippen molar-refractivity contribution in [1.82, 2.24) is 14.9 Å². The molecule has 1 heterocycles. The Labute approximate surface area is 164 Å². The minimum absolute atomic E-state index is 0.103. The molecule has 0 saturated carbocycles. The lowest BCUT2D eigenvalue weighted by Gasteiger charge is -2.07. The van der Waals surface area contributed by atoms with Crippen LogP contribution >= 0.6 is 35.0 Å². The average molecular weight is 408 g/mol. The molecule has 0 aliphatic rings. The van der Waals surface area contributed by atoms with Crippen molar-refractivity contribution in [1.29, 1.82) is 0 Å². The van der Waals surface area contributed by atoms with Crippen LogP contribution in [0.25, 0.3) is 11.4 Å². The number of aryl methyl sites for hydroxylation is 1. The number of nitrogens with two attached hydrogens (primary N) is 1. The third-order valence-electron chi connectivity index (χ3n) is 3.48. The highest BCUT2D eigenvalue weighted by Gasteiger charge is 2.14. The summed E-state index contributed by atoms with van der Waals surface area (Å²) >= 11 is 13.1. The monoisotopic (exact) mass is 407 g/mol. The molecule has 6 nitrogen and oxygen atoms in total. The maximum absolute atomic E-state index is 12.2. The first kappa shape index (κ1) is 18.6. The highest BCUT2D eigenvalue weighted by atomic mass is 35.5. The summed E-state index contributed by atoms with van der Waals surface area (Å²) < 4.78 is 1.37. The summed E-state index contributed by atoms with van der Waals surface area (Å²) in [6.45, 7) is 1.99. The van der Waals surface area contributed by atoms with Crippen LogP contribution in [0, 0.1) is 6.92 Å². The second kappa shape index (κ2) is 7.99. The summed E-state index contributed by atoms with van der Waals surface area (Å²) in [4.78, 5) is 12.2. The number of hydrogen-bond donors (Lipinski definition) is 2. The zero-order valence-corrected chi connectivity index (χ0v) is 16.1. The van der Waals surface area contributed by atoms with Gasteiger partial charge in [0.25, 0.3) is 0 Å². The molecule has 3 rings (SSSR count). The van der Waals surface area contributed by atoms with E-state index in [1.807, 2.05) is 31.2 Å². The maximum atomic E-state index is 12.2. The van der Waals surface area contributed by atoms with Gasteiger partial charge in [-0.25, -0.2) is 4.68 Å². The van der Waals surface area contributed by atoms with E-state index in [9.17, 15) is 4.79 Å². The Morgan fingerprint density at radius 1 is 1.23 bits per heavy atom. The quantitative estimate of drug-likeness (QED) is 0.492. The number of benzene rings is 2. The first-order valence-corrected chi connectivity index (χ1v) is 9.33. The molecule has 2 aromatic carbocycles. The largest absolute Gasteiger partial charge is 0.335 e. The molecule has 0 unspecified atom stereocenters. The summed E-state index contributed by atoms with van der Waals surface area (Å²) in [5.41, 5.74) is 2.42. The number of nitrogens with zero attached hydrogens (tertiary/aromatic N) is 3. The van der Waals surface area contributed by atoms with Crippen molar-refractivity contribution < 1.29 is 4.79 Å². The van der Waals surface area contributed by atoms with Crippen LogP contribution in [-0.4, -0.2) is 26.5 Å². The van der Waals surface area contributed by atoms with Crippen LogP contribution in [0.2, 0.25) is 10.0 Å². The molecule has 1 amide bonds. The minimum atomic E-state index is -0.251. The van der Waals surface area contributed by atoms with Gasteiger partial charge in [0.1, 0.15) is 0 Å². The molecule has 0 fully saturated rings. The summed E-state index contributed by atoms with van der Waals surface area (Å²) in [5.74, 6) is 6.46. The van der Waals surface area contributed by atoms with Gasteiger partial charge in [-0.2, -0.15) is 0 Å². The lowest BCUT2D eigenvalue weighted by Crippen LogP contribution is -2.16. The number of amides is 1. The van der Waals surface area contributed by atoms with E-state index < -0.39 is 0 Å². The third kappa shape index (κ3) is 4.30. The van der Waals surface area contributed by atoms with Crippen molar-refractivity contribution in [3.8, 4) is 11.4 Å². The van der Waals surface area contributed by atoms with Gasteiger partial charge >= 0.3 is 0 Å². The van der Waals surface area contributed by atoms with E-state index in [-0.39, 0.29) is 11.7 Å². The molecule has 0 aliphatic heterocycles. The number of aromatic nitrogens is 3. The maximum Gasteiger partial charge on any atom is 0.234 e. The van der Waals surface area contributed by atoms with Gasteiger partial charge in [-0.1, -0.05) is 58.7 Å². The second-order valence-corrected chi connectivity index (χ2v) is 7.29. The first-order valence-electron chi connectivity index (χ1n) is 7.59. The van der Waals surface area contributed by atoms with Crippen molar-refractivity contribution in [2.45, 2.75) is 12.1 Å². The van der Waals surface area contributed by atoms with Crippen molar-refractivity contribution in [2.75, 3.05) is 16.9 Å². The molecule has 3 N–H and O–H groups in total. The van der Waals surface area contributed by atoms with Gasteiger partial charge in [0.05, 0.1) is 16.5 Å². The van der Waals surface area contributed by atoms with Gasteiger partial charge in [-0.3, -0.25) is 4.79 Å². The highest BCUT2D eigenvalue weighted by molar-refractivity contribution is 7.99. The Bertz CT molecular complexity index is 960. The van der Waals surface area contributed by atoms with Gasteiger partial charge in [0, 0.05) is 10.6 Å². The van der Waals surface area contributed by atoms with Gasteiger partial charge in [0.2, 0.25) is 11.1 Å². The third-order valence-corrected chi connectivity index (χ3v) is 4.98. The van der Waals surface area contributed by atoms with Gasteiger partial charge in [-0.15, -0.1) is 10.2 Å². The fourth-order valence-electron chi connectivity index (χ4n) is 2.27. The number of anilines is 1. The van der Waals surface area contributed by atoms with Gasteiger partial charge in [0.15, 0.2) is 5.82 Å². The number of nitrogen functional groups attached to an aromatic ring is 1. The van der Waals surface area contributed by atoms with E-state index in [2.05, 4.69) is 15.5 Å². The van der Waals surface area contributed by atoms with Crippen molar-refractivity contribution in [2.24, 2.45) is 0 Å². The number of thioether (sulfide) groups is 1. The van der Waals surface area contributed by atoms with Crippen LogP contribution in [0.5, 0.6) is 0 Å². The standard InChI is InChI=1S/C17H15Cl2N5OS/c1-10-3-2-4-11(7-10)16-22-23-17(24(16)20)26-9-15(25)21-14-8-12(18)5-6-13(14)19/h2-8H,9,20H2,1H3,(H,21,25). The lowest BCUT2D eigenvalue weighted by molar-refractivity contribution is -0.113. The number of hydrogen-bond acceptors (Lipinski definition) is 5. The summed E-state index contributed by atoms with van der Waals surface area (Å²) in [5, 5.41) is 12.2. The highest BCUT2D eigenvalue weighted by Crippen LogP contribution is 2.26. The molecule has 0 bridgehead atoms. The van der Waals surface area contributed by atoms with Gasteiger partial charge in [-0.05, 0) is 31.2 Å². The van der Waals surface area contributed by atoms with Crippen molar-refractivity contribution in [3.63, 3.8) is 0 Å². The van der Waals surface area contributed by atoms with E-state index in [1.54, 1.807) is 18.2 Å². The predicted octanol–water partition coefficient (Wildman–Crippen LogP) is 4.00. The minimum Gasteiger partial charge on any atom is -0.335 e. The first-order chi connectivity index (χ1) is 12.4. The Hall–Kier alpha value is -2.22. The molecule has 134 valence electrons.